The Morgan fingerprint density at radius 3 is 2.87 bits per heavy atom. The molecule has 0 radical (unpaired) electrons. The number of hydrogen-bond acceptors (Lipinski definition) is 2. The van der Waals surface area contributed by atoms with Crippen molar-refractivity contribution in [1.82, 2.24) is 4.98 Å². The van der Waals surface area contributed by atoms with Crippen LogP contribution < -0.4 is 0 Å². The monoisotopic (exact) mass is 267 g/mol. The minimum absolute atomic E-state index is 0.319. The molecule has 3 nitrogen and oxygen atoms in total. The van der Waals surface area contributed by atoms with E-state index in [1.807, 2.05) is 13.0 Å². The summed E-state index contributed by atoms with van der Waals surface area (Å²) in [4.78, 5) is 14.5. The van der Waals surface area contributed by atoms with Crippen molar-refractivity contribution in [2.24, 2.45) is 0 Å². The predicted molar refractivity (Wildman–Crippen MR) is 62.1 cm³/mol. The van der Waals surface area contributed by atoms with Gasteiger partial charge in [-0.05, 0) is 40.5 Å². The fourth-order valence-electron chi connectivity index (χ4n) is 1.55. The molecule has 0 aliphatic rings. The number of benzene rings is 1. The van der Waals surface area contributed by atoms with E-state index in [9.17, 15) is 4.79 Å². The lowest BCUT2D eigenvalue weighted by molar-refractivity contribution is 0.0601. The number of nitrogens with one attached hydrogen (secondary N) is 1. The fraction of sp³-hybridized carbons (Fsp3) is 0.182. The Kier molecular flexibility index (Phi) is 2.52. The number of H-pyrrole nitrogens is 1. The number of ether oxygens (including phenoxy) is 1. The number of methoxy groups -OCH3 is 1. The maximum Gasteiger partial charge on any atom is 0.337 e. The van der Waals surface area contributed by atoms with Crippen LogP contribution in [-0.2, 0) is 4.74 Å². The van der Waals surface area contributed by atoms with Crippen LogP contribution in [0.5, 0.6) is 0 Å². The number of esters is 1. The normalized spacial score (nSPS) is 10.6. The Bertz CT molecular complexity index is 531. The average molecular weight is 268 g/mol. The number of rotatable bonds is 1. The standard InChI is InChI=1S/C11H10BrNO2/c1-6-8-4-3-7(11(14)15-2)5-9(8)13-10(6)12/h3-5,13H,1-2H3. The van der Waals surface area contributed by atoms with Gasteiger partial charge in [0.2, 0.25) is 0 Å². The maximum absolute atomic E-state index is 11.3. The van der Waals surface area contributed by atoms with Gasteiger partial charge in [0, 0.05) is 10.9 Å². The molecule has 1 aromatic carbocycles. The van der Waals surface area contributed by atoms with E-state index in [0.29, 0.717) is 5.56 Å². The Morgan fingerprint density at radius 1 is 1.47 bits per heavy atom. The molecule has 78 valence electrons. The first kappa shape index (κ1) is 10.2. The topological polar surface area (TPSA) is 42.1 Å². The first-order chi connectivity index (χ1) is 7.13. The number of hydrogen-bond donors (Lipinski definition) is 1. The van der Waals surface area contributed by atoms with Gasteiger partial charge in [0.1, 0.15) is 0 Å². The second kappa shape index (κ2) is 3.70. The van der Waals surface area contributed by atoms with Gasteiger partial charge in [-0.3, -0.25) is 0 Å². The number of aryl methyl sites for hydroxylation is 1. The number of aromatic amines is 1. The van der Waals surface area contributed by atoms with Gasteiger partial charge < -0.3 is 9.72 Å². The van der Waals surface area contributed by atoms with E-state index in [2.05, 4.69) is 25.7 Å². The molecule has 0 bridgehead atoms. The summed E-state index contributed by atoms with van der Waals surface area (Å²) < 4.78 is 5.60. The fourth-order valence-corrected chi connectivity index (χ4v) is 1.98. The van der Waals surface area contributed by atoms with Crippen LogP contribution in [0.1, 0.15) is 15.9 Å². The van der Waals surface area contributed by atoms with E-state index >= 15 is 0 Å². The Hall–Kier alpha value is -1.29. The van der Waals surface area contributed by atoms with Crippen LogP contribution in [0.2, 0.25) is 0 Å². The molecule has 2 aromatic rings. The molecule has 1 aromatic heterocycles. The average Bonchev–Trinajstić information content (AvgIpc) is 2.53. The Balaban J connectivity index is 2.62. The van der Waals surface area contributed by atoms with Gasteiger partial charge in [-0.25, -0.2) is 4.79 Å². The van der Waals surface area contributed by atoms with Gasteiger partial charge in [-0.2, -0.15) is 0 Å². The minimum Gasteiger partial charge on any atom is -0.465 e. The summed E-state index contributed by atoms with van der Waals surface area (Å²) in [5.74, 6) is -0.319. The van der Waals surface area contributed by atoms with E-state index < -0.39 is 0 Å². The van der Waals surface area contributed by atoms with Crippen LogP contribution in [-0.4, -0.2) is 18.1 Å². The quantitative estimate of drug-likeness (QED) is 0.808. The largest absolute Gasteiger partial charge is 0.465 e. The molecule has 1 N–H and O–H groups in total. The third kappa shape index (κ3) is 1.65. The van der Waals surface area contributed by atoms with Crippen molar-refractivity contribution in [3.8, 4) is 0 Å². The van der Waals surface area contributed by atoms with Gasteiger partial charge in [0.25, 0.3) is 0 Å². The van der Waals surface area contributed by atoms with Crippen LogP contribution in [0.4, 0.5) is 0 Å². The molecule has 0 fully saturated rings. The lowest BCUT2D eigenvalue weighted by Crippen LogP contribution is -2.00. The summed E-state index contributed by atoms with van der Waals surface area (Å²) >= 11 is 3.42. The van der Waals surface area contributed by atoms with Gasteiger partial charge >= 0.3 is 5.97 Å². The summed E-state index contributed by atoms with van der Waals surface area (Å²) in [6, 6.07) is 5.47. The Morgan fingerprint density at radius 2 is 2.20 bits per heavy atom. The molecule has 4 heteroatoms. The molecule has 0 aliphatic heterocycles. The van der Waals surface area contributed by atoms with Crippen molar-refractivity contribution in [1.29, 1.82) is 0 Å². The number of carbonyl (C=O) groups is 1. The second-order valence-electron chi connectivity index (χ2n) is 3.32. The van der Waals surface area contributed by atoms with Crippen LogP contribution in [0.15, 0.2) is 22.8 Å². The first-order valence-corrected chi connectivity index (χ1v) is 5.29. The molecular formula is C11H10BrNO2. The van der Waals surface area contributed by atoms with Crippen molar-refractivity contribution < 1.29 is 9.53 Å². The molecule has 0 saturated carbocycles. The highest BCUT2D eigenvalue weighted by molar-refractivity contribution is 9.10. The number of aromatic nitrogens is 1. The zero-order valence-electron chi connectivity index (χ0n) is 8.43. The summed E-state index contributed by atoms with van der Waals surface area (Å²) in [7, 11) is 1.38. The van der Waals surface area contributed by atoms with Crippen LogP contribution in [0.3, 0.4) is 0 Å². The highest BCUT2D eigenvalue weighted by Crippen LogP contribution is 2.26. The van der Waals surface area contributed by atoms with Crippen molar-refractivity contribution in [2.45, 2.75) is 6.92 Å². The molecular weight excluding hydrogens is 258 g/mol. The van der Waals surface area contributed by atoms with Gasteiger partial charge in [0.15, 0.2) is 0 Å². The van der Waals surface area contributed by atoms with Crippen LogP contribution >= 0.6 is 15.9 Å². The molecule has 0 unspecified atom stereocenters. The van der Waals surface area contributed by atoms with E-state index in [4.69, 9.17) is 0 Å². The molecule has 1 heterocycles. The highest BCUT2D eigenvalue weighted by Gasteiger charge is 2.09. The summed E-state index contributed by atoms with van der Waals surface area (Å²) in [6.45, 7) is 2.01. The maximum atomic E-state index is 11.3. The first-order valence-electron chi connectivity index (χ1n) is 4.49. The van der Waals surface area contributed by atoms with E-state index in [1.54, 1.807) is 12.1 Å². The molecule has 0 aliphatic carbocycles. The molecule has 15 heavy (non-hydrogen) atoms. The van der Waals surface area contributed by atoms with Crippen LogP contribution in [0.25, 0.3) is 10.9 Å². The summed E-state index contributed by atoms with van der Waals surface area (Å²) in [5.41, 5.74) is 2.63. The number of carbonyl (C=O) groups excluding carboxylic acids is 1. The molecule has 0 atom stereocenters. The van der Waals surface area contributed by atoms with Gasteiger partial charge in [-0.1, -0.05) is 6.07 Å². The zero-order chi connectivity index (χ0) is 11.0. The molecule has 2 rings (SSSR count). The van der Waals surface area contributed by atoms with E-state index in [0.717, 1.165) is 21.1 Å². The van der Waals surface area contributed by atoms with Crippen LogP contribution in [0, 0.1) is 6.92 Å². The third-order valence-corrected chi connectivity index (χ3v) is 3.21. The highest BCUT2D eigenvalue weighted by atomic mass is 79.9. The second-order valence-corrected chi connectivity index (χ2v) is 4.11. The third-order valence-electron chi connectivity index (χ3n) is 2.42. The van der Waals surface area contributed by atoms with Gasteiger partial charge in [0.05, 0.1) is 17.3 Å². The smallest absolute Gasteiger partial charge is 0.337 e. The SMILES string of the molecule is COC(=O)c1ccc2c(C)c(Br)[nH]c2c1. The Labute approximate surface area is 95.6 Å². The lowest BCUT2D eigenvalue weighted by atomic mass is 10.1. The molecule has 0 amide bonds. The van der Waals surface area contributed by atoms with E-state index in [1.165, 1.54) is 7.11 Å². The summed E-state index contributed by atoms with van der Waals surface area (Å²) in [5, 5.41) is 1.11. The number of halogens is 1. The zero-order valence-corrected chi connectivity index (χ0v) is 10.0. The summed E-state index contributed by atoms with van der Waals surface area (Å²) in [6.07, 6.45) is 0. The van der Waals surface area contributed by atoms with Crippen molar-refractivity contribution >= 4 is 32.8 Å². The van der Waals surface area contributed by atoms with Gasteiger partial charge in [-0.15, -0.1) is 0 Å². The van der Waals surface area contributed by atoms with Crippen molar-refractivity contribution in [3.63, 3.8) is 0 Å². The van der Waals surface area contributed by atoms with Crippen molar-refractivity contribution in [2.75, 3.05) is 7.11 Å². The van der Waals surface area contributed by atoms with Crippen molar-refractivity contribution in [3.05, 3.63) is 33.9 Å². The lowest BCUT2D eigenvalue weighted by Gasteiger charge is -1.98. The molecule has 0 saturated heterocycles. The molecule has 0 spiro atoms. The number of fused-ring (bicyclic) bond motifs is 1. The minimum atomic E-state index is -0.319. The van der Waals surface area contributed by atoms with E-state index in [-0.39, 0.29) is 5.97 Å². The predicted octanol–water partition coefficient (Wildman–Crippen LogP) is 3.03.